The van der Waals surface area contributed by atoms with Crippen molar-refractivity contribution in [3.8, 4) is 0 Å². The molecule has 10 heteroatoms. The van der Waals surface area contributed by atoms with E-state index >= 15 is 0 Å². The van der Waals surface area contributed by atoms with E-state index in [2.05, 4.69) is 9.97 Å². The van der Waals surface area contributed by atoms with Crippen LogP contribution in [0.5, 0.6) is 0 Å². The van der Waals surface area contributed by atoms with Crippen LogP contribution in [0.1, 0.15) is 45.2 Å². The maximum Gasteiger partial charge on any atom is 0.433 e. The van der Waals surface area contributed by atoms with E-state index in [0.717, 1.165) is 25.2 Å². The quantitative estimate of drug-likeness (QED) is 0.771. The monoisotopic (exact) mass is 392 g/mol. The highest BCUT2D eigenvalue weighted by molar-refractivity contribution is 7.89. The van der Waals surface area contributed by atoms with Gasteiger partial charge in [0.25, 0.3) is 0 Å². The van der Waals surface area contributed by atoms with Crippen LogP contribution in [-0.4, -0.2) is 53.1 Å². The molecule has 3 rings (SSSR count). The van der Waals surface area contributed by atoms with Gasteiger partial charge in [-0.25, -0.2) is 22.7 Å². The Kier molecular flexibility index (Phi) is 5.17. The van der Waals surface area contributed by atoms with Gasteiger partial charge in [0.2, 0.25) is 10.0 Å². The highest BCUT2D eigenvalue weighted by atomic mass is 32.2. The molecule has 0 radical (unpaired) electrons. The van der Waals surface area contributed by atoms with Crippen LogP contribution in [0.4, 0.5) is 19.0 Å². The molecule has 1 aliphatic carbocycles. The molecule has 26 heavy (non-hydrogen) atoms. The first-order valence-electron chi connectivity index (χ1n) is 8.77. The smallest absolute Gasteiger partial charge is 0.350 e. The van der Waals surface area contributed by atoms with Crippen LogP contribution in [0, 0.1) is 0 Å². The van der Waals surface area contributed by atoms with E-state index in [9.17, 15) is 21.6 Å². The van der Waals surface area contributed by atoms with Crippen molar-refractivity contribution in [3.05, 3.63) is 18.1 Å². The van der Waals surface area contributed by atoms with Gasteiger partial charge in [-0.15, -0.1) is 0 Å². The zero-order valence-corrected chi connectivity index (χ0v) is 15.6. The standard InChI is InChI=1S/C16H23F3N4O2S/c1-11(2)26(24,25)22-7-5-13(6-8-22)23(12-3-4-12)15-9-14(16(17,18)19)20-10-21-15/h9-13H,3-8H2,1-2H3. The lowest BCUT2D eigenvalue weighted by atomic mass is 10.0. The Labute approximate surface area is 151 Å². The van der Waals surface area contributed by atoms with Gasteiger partial charge >= 0.3 is 6.18 Å². The third-order valence-electron chi connectivity index (χ3n) is 4.92. The summed E-state index contributed by atoms with van der Waals surface area (Å²) in [4.78, 5) is 9.34. The molecule has 1 saturated heterocycles. The number of alkyl halides is 3. The van der Waals surface area contributed by atoms with E-state index in [0.29, 0.717) is 25.9 Å². The molecule has 146 valence electrons. The Bertz CT molecular complexity index is 742. The minimum atomic E-state index is -4.51. The normalized spacial score (nSPS) is 20.5. The number of halogens is 3. The third kappa shape index (κ3) is 3.95. The molecule has 1 aromatic heterocycles. The van der Waals surface area contributed by atoms with Gasteiger partial charge in [0.15, 0.2) is 0 Å². The van der Waals surface area contributed by atoms with Gasteiger partial charge in [-0.1, -0.05) is 0 Å². The molecule has 0 amide bonds. The molecular formula is C16H23F3N4O2S. The first-order valence-corrected chi connectivity index (χ1v) is 10.3. The third-order valence-corrected chi connectivity index (χ3v) is 7.20. The van der Waals surface area contributed by atoms with Crippen molar-refractivity contribution in [1.82, 2.24) is 14.3 Å². The molecule has 2 heterocycles. The number of hydrogen-bond donors (Lipinski definition) is 0. The number of sulfonamides is 1. The summed E-state index contributed by atoms with van der Waals surface area (Å²) in [7, 11) is -3.30. The van der Waals surface area contributed by atoms with Gasteiger partial charge in [-0.2, -0.15) is 13.2 Å². The van der Waals surface area contributed by atoms with Gasteiger partial charge in [-0.3, -0.25) is 0 Å². The molecule has 1 aliphatic heterocycles. The molecule has 2 fully saturated rings. The van der Waals surface area contributed by atoms with Crippen LogP contribution in [0.15, 0.2) is 12.4 Å². The number of aromatic nitrogens is 2. The lowest BCUT2D eigenvalue weighted by Gasteiger charge is -2.39. The fraction of sp³-hybridized carbons (Fsp3) is 0.750. The first kappa shape index (κ1) is 19.3. The van der Waals surface area contributed by atoms with E-state index in [1.165, 1.54) is 4.31 Å². The van der Waals surface area contributed by atoms with E-state index in [1.807, 2.05) is 4.90 Å². The average Bonchev–Trinajstić information content (AvgIpc) is 3.40. The average molecular weight is 392 g/mol. The summed E-state index contributed by atoms with van der Waals surface area (Å²) in [5, 5.41) is -0.477. The molecule has 0 unspecified atom stereocenters. The van der Waals surface area contributed by atoms with Crippen LogP contribution >= 0.6 is 0 Å². The Morgan fingerprint density at radius 1 is 1.12 bits per heavy atom. The van der Waals surface area contributed by atoms with Crippen molar-refractivity contribution in [3.63, 3.8) is 0 Å². The molecular weight excluding hydrogens is 369 g/mol. The molecule has 0 spiro atoms. The first-order chi connectivity index (χ1) is 12.1. The van der Waals surface area contributed by atoms with Gasteiger partial charge in [-0.05, 0) is 39.5 Å². The van der Waals surface area contributed by atoms with Gasteiger partial charge in [0, 0.05) is 31.2 Å². The summed E-state index contributed by atoms with van der Waals surface area (Å²) in [5.74, 6) is 0.278. The van der Waals surface area contributed by atoms with E-state index < -0.39 is 27.1 Å². The van der Waals surface area contributed by atoms with Crippen LogP contribution in [0.3, 0.4) is 0 Å². The second-order valence-electron chi connectivity index (χ2n) is 7.12. The number of hydrogen-bond acceptors (Lipinski definition) is 5. The van der Waals surface area contributed by atoms with Gasteiger partial charge in [0.05, 0.1) is 5.25 Å². The Morgan fingerprint density at radius 3 is 2.19 bits per heavy atom. The Balaban J connectivity index is 1.77. The lowest BCUT2D eigenvalue weighted by molar-refractivity contribution is -0.141. The molecule has 0 bridgehead atoms. The number of piperidine rings is 1. The van der Waals surface area contributed by atoms with Gasteiger partial charge < -0.3 is 4.90 Å². The SMILES string of the molecule is CC(C)S(=O)(=O)N1CCC(N(c2cc(C(F)(F)F)ncn2)C2CC2)CC1. The molecule has 2 aliphatic rings. The molecule has 0 aromatic carbocycles. The summed E-state index contributed by atoms with van der Waals surface area (Å²) in [6.07, 6.45) is -0.583. The zero-order valence-electron chi connectivity index (χ0n) is 14.8. The van der Waals surface area contributed by atoms with Crippen molar-refractivity contribution in [2.75, 3.05) is 18.0 Å². The molecule has 6 nitrogen and oxygen atoms in total. The van der Waals surface area contributed by atoms with Crippen LogP contribution in [0.2, 0.25) is 0 Å². The minimum absolute atomic E-state index is 0.0166. The van der Waals surface area contributed by atoms with Crippen molar-refractivity contribution in [2.24, 2.45) is 0 Å². The van der Waals surface area contributed by atoms with Crippen LogP contribution in [0.25, 0.3) is 0 Å². The highest BCUT2D eigenvalue weighted by Gasteiger charge is 2.40. The van der Waals surface area contributed by atoms with Crippen molar-refractivity contribution in [2.45, 2.75) is 63.0 Å². The summed E-state index contributed by atoms with van der Waals surface area (Å²) in [6.45, 7) is 4.06. The van der Waals surface area contributed by atoms with Crippen molar-refractivity contribution >= 4 is 15.8 Å². The molecule has 0 atom stereocenters. The van der Waals surface area contributed by atoms with Gasteiger partial charge in [0.1, 0.15) is 17.8 Å². The second kappa shape index (κ2) is 6.95. The van der Waals surface area contributed by atoms with Crippen molar-refractivity contribution in [1.29, 1.82) is 0 Å². The number of nitrogens with zero attached hydrogens (tertiary/aromatic N) is 4. The van der Waals surface area contributed by atoms with Crippen molar-refractivity contribution < 1.29 is 21.6 Å². The van der Waals surface area contributed by atoms with Crippen LogP contribution in [-0.2, 0) is 16.2 Å². The minimum Gasteiger partial charge on any atom is -0.350 e. The fourth-order valence-corrected chi connectivity index (χ4v) is 4.66. The molecule has 1 saturated carbocycles. The van der Waals surface area contributed by atoms with E-state index in [4.69, 9.17) is 0 Å². The second-order valence-corrected chi connectivity index (χ2v) is 9.61. The highest BCUT2D eigenvalue weighted by Crippen LogP contribution is 2.37. The predicted octanol–water partition coefficient (Wildman–Crippen LogP) is 2.67. The Morgan fingerprint density at radius 2 is 1.69 bits per heavy atom. The summed E-state index contributed by atoms with van der Waals surface area (Å²) >= 11 is 0. The largest absolute Gasteiger partial charge is 0.433 e. The summed E-state index contributed by atoms with van der Waals surface area (Å²) < 4.78 is 65.0. The lowest BCUT2D eigenvalue weighted by Crippen LogP contribution is -2.49. The van der Waals surface area contributed by atoms with E-state index in [1.54, 1.807) is 13.8 Å². The van der Waals surface area contributed by atoms with E-state index in [-0.39, 0.29) is 17.9 Å². The maximum atomic E-state index is 13.0. The predicted molar refractivity (Wildman–Crippen MR) is 91.2 cm³/mol. The molecule has 0 N–H and O–H groups in total. The van der Waals surface area contributed by atoms with Crippen LogP contribution < -0.4 is 4.90 Å². The Hall–Kier alpha value is -1.42. The number of anilines is 1. The molecule has 1 aromatic rings. The summed E-state index contributed by atoms with van der Waals surface area (Å²) in [6, 6.07) is 1.15. The number of rotatable bonds is 5. The maximum absolute atomic E-state index is 13.0. The fourth-order valence-electron chi connectivity index (χ4n) is 3.34. The summed E-state index contributed by atoms with van der Waals surface area (Å²) in [5.41, 5.74) is -0.951. The zero-order chi connectivity index (χ0) is 19.1. The topological polar surface area (TPSA) is 66.4 Å².